The van der Waals surface area contributed by atoms with Gasteiger partial charge in [0.05, 0.1) is 11.3 Å². The number of alkyl halides is 2. The van der Waals surface area contributed by atoms with Gasteiger partial charge in [0.2, 0.25) is 0 Å². The van der Waals surface area contributed by atoms with Gasteiger partial charge in [-0.05, 0) is 18.2 Å². The van der Waals surface area contributed by atoms with Crippen LogP contribution in [-0.2, 0) is 15.5 Å². The highest BCUT2D eigenvalue weighted by Crippen LogP contribution is 2.44. The molecular formula is C10H6ClF2NO3. The number of carbonyl (C=O) groups is 2. The second-order valence-electron chi connectivity index (χ2n) is 3.52. The first-order valence-electron chi connectivity index (χ1n) is 4.55. The predicted molar refractivity (Wildman–Crippen MR) is 55.3 cm³/mol. The van der Waals surface area contributed by atoms with Crippen LogP contribution in [-0.4, -0.2) is 23.5 Å². The monoisotopic (exact) mass is 261 g/mol. The molecule has 0 aromatic heterocycles. The molecule has 1 aromatic carbocycles. The van der Waals surface area contributed by atoms with Crippen LogP contribution >= 0.6 is 11.6 Å². The Hall–Kier alpha value is -1.69. The third-order valence-electron chi connectivity index (χ3n) is 2.39. The van der Waals surface area contributed by atoms with Crippen molar-refractivity contribution >= 4 is 29.2 Å². The topological polar surface area (TPSA) is 57.6 Å². The number of hydrogen-bond donors (Lipinski definition) is 1. The molecule has 2 rings (SSSR count). The molecule has 1 aliphatic rings. The minimum Gasteiger partial charge on any atom is -0.480 e. The zero-order valence-corrected chi connectivity index (χ0v) is 9.04. The number of rotatable bonds is 2. The molecule has 0 saturated carbocycles. The molecule has 17 heavy (non-hydrogen) atoms. The highest BCUT2D eigenvalue weighted by Gasteiger charge is 2.53. The van der Waals surface area contributed by atoms with Gasteiger partial charge in [-0.3, -0.25) is 14.5 Å². The smallest absolute Gasteiger partial charge is 0.352 e. The lowest BCUT2D eigenvalue weighted by Crippen LogP contribution is -2.37. The van der Waals surface area contributed by atoms with E-state index in [0.29, 0.717) is 4.90 Å². The molecule has 0 radical (unpaired) electrons. The first kappa shape index (κ1) is 11.8. The number of benzene rings is 1. The Kier molecular flexibility index (Phi) is 2.54. The van der Waals surface area contributed by atoms with Gasteiger partial charge in [0.25, 0.3) is 0 Å². The van der Waals surface area contributed by atoms with Crippen LogP contribution in [0.25, 0.3) is 0 Å². The third-order valence-corrected chi connectivity index (χ3v) is 2.63. The maximum Gasteiger partial charge on any atom is 0.352 e. The van der Waals surface area contributed by atoms with E-state index in [2.05, 4.69) is 0 Å². The van der Waals surface area contributed by atoms with E-state index in [1.807, 2.05) is 0 Å². The number of halogens is 3. The maximum absolute atomic E-state index is 13.6. The van der Waals surface area contributed by atoms with Gasteiger partial charge in [-0.15, -0.1) is 0 Å². The largest absolute Gasteiger partial charge is 0.480 e. The van der Waals surface area contributed by atoms with E-state index in [4.69, 9.17) is 16.7 Å². The molecule has 1 heterocycles. The highest BCUT2D eigenvalue weighted by molar-refractivity contribution is 6.31. The van der Waals surface area contributed by atoms with E-state index in [9.17, 15) is 18.4 Å². The predicted octanol–water partition coefficient (Wildman–Crippen LogP) is 1.86. The quantitative estimate of drug-likeness (QED) is 0.884. The minimum absolute atomic E-state index is 0.0633. The Morgan fingerprint density at radius 1 is 1.47 bits per heavy atom. The number of amides is 1. The highest BCUT2D eigenvalue weighted by atomic mass is 35.5. The molecule has 0 unspecified atom stereocenters. The van der Waals surface area contributed by atoms with Crippen molar-refractivity contribution in [3.63, 3.8) is 0 Å². The second kappa shape index (κ2) is 3.66. The zero-order valence-electron chi connectivity index (χ0n) is 8.28. The summed E-state index contributed by atoms with van der Waals surface area (Å²) in [6.07, 6.45) is 0. The molecule has 0 saturated heterocycles. The van der Waals surface area contributed by atoms with Gasteiger partial charge in [-0.2, -0.15) is 8.78 Å². The lowest BCUT2D eigenvalue weighted by Gasteiger charge is -2.14. The van der Waals surface area contributed by atoms with E-state index < -0.39 is 29.9 Å². The Morgan fingerprint density at radius 3 is 2.71 bits per heavy atom. The van der Waals surface area contributed by atoms with Crippen LogP contribution in [0.1, 0.15) is 5.56 Å². The Bertz CT molecular complexity index is 518. The second-order valence-corrected chi connectivity index (χ2v) is 3.96. The zero-order chi connectivity index (χ0) is 12.8. The molecule has 0 spiro atoms. The van der Waals surface area contributed by atoms with Crippen molar-refractivity contribution in [2.24, 2.45) is 0 Å². The van der Waals surface area contributed by atoms with Crippen molar-refractivity contribution in [3.8, 4) is 0 Å². The molecule has 0 bridgehead atoms. The maximum atomic E-state index is 13.6. The third kappa shape index (κ3) is 1.74. The van der Waals surface area contributed by atoms with E-state index >= 15 is 0 Å². The lowest BCUT2D eigenvalue weighted by molar-refractivity contribution is -0.144. The Balaban J connectivity index is 2.55. The summed E-state index contributed by atoms with van der Waals surface area (Å²) >= 11 is 5.57. The van der Waals surface area contributed by atoms with Crippen LogP contribution < -0.4 is 4.90 Å². The summed E-state index contributed by atoms with van der Waals surface area (Å²) in [5.74, 6) is -6.63. The number of carbonyl (C=O) groups excluding carboxylic acids is 1. The number of anilines is 1. The molecule has 0 aliphatic carbocycles. The normalized spacial score (nSPS) is 17.1. The summed E-state index contributed by atoms with van der Waals surface area (Å²) in [6, 6.07) is 3.50. The first-order chi connectivity index (χ1) is 7.84. The number of hydrogen-bond acceptors (Lipinski definition) is 2. The standard InChI is InChI=1S/C10H6ClF2NO3/c11-5-1-2-7-6(3-5)10(12,13)9(17)14(7)4-8(15)16/h1-3H,4H2,(H,15,16). The lowest BCUT2D eigenvalue weighted by atomic mass is 10.1. The van der Waals surface area contributed by atoms with Gasteiger partial charge in [0.15, 0.2) is 0 Å². The summed E-state index contributed by atoms with van der Waals surface area (Å²) in [6.45, 7) is -0.803. The summed E-state index contributed by atoms with van der Waals surface area (Å²) in [5.41, 5.74) is -0.678. The van der Waals surface area contributed by atoms with Crippen LogP contribution in [0.15, 0.2) is 18.2 Å². The van der Waals surface area contributed by atoms with Crippen molar-refractivity contribution < 1.29 is 23.5 Å². The molecule has 0 fully saturated rings. The van der Waals surface area contributed by atoms with Crippen LogP contribution in [0, 0.1) is 0 Å². The summed E-state index contributed by atoms with van der Waals surface area (Å²) < 4.78 is 27.1. The number of carboxylic acid groups (broad SMARTS) is 1. The van der Waals surface area contributed by atoms with Crippen molar-refractivity contribution in [2.75, 3.05) is 11.4 Å². The fraction of sp³-hybridized carbons (Fsp3) is 0.200. The molecule has 1 N–H and O–H groups in total. The summed E-state index contributed by atoms with van der Waals surface area (Å²) in [4.78, 5) is 22.5. The van der Waals surface area contributed by atoms with E-state index in [1.165, 1.54) is 12.1 Å². The van der Waals surface area contributed by atoms with Crippen molar-refractivity contribution in [3.05, 3.63) is 28.8 Å². The molecule has 0 atom stereocenters. The first-order valence-corrected chi connectivity index (χ1v) is 4.93. The van der Waals surface area contributed by atoms with E-state index in [-0.39, 0.29) is 10.7 Å². The van der Waals surface area contributed by atoms with E-state index in [0.717, 1.165) is 6.07 Å². The van der Waals surface area contributed by atoms with Gasteiger partial charge in [0, 0.05) is 5.02 Å². The minimum atomic E-state index is -3.73. The average Bonchev–Trinajstić information content (AvgIpc) is 2.40. The fourth-order valence-electron chi connectivity index (χ4n) is 1.68. The molecule has 4 nitrogen and oxygen atoms in total. The van der Waals surface area contributed by atoms with Crippen LogP contribution in [0.2, 0.25) is 5.02 Å². The molecule has 1 amide bonds. The van der Waals surface area contributed by atoms with Crippen molar-refractivity contribution in [2.45, 2.75) is 5.92 Å². The number of nitrogens with zero attached hydrogens (tertiary/aromatic N) is 1. The van der Waals surface area contributed by atoms with Crippen LogP contribution in [0.4, 0.5) is 14.5 Å². The molecular weight excluding hydrogens is 256 g/mol. The van der Waals surface area contributed by atoms with Gasteiger partial charge in [-0.1, -0.05) is 11.6 Å². The van der Waals surface area contributed by atoms with E-state index in [1.54, 1.807) is 0 Å². The molecule has 1 aliphatic heterocycles. The Morgan fingerprint density at radius 2 is 2.12 bits per heavy atom. The molecule has 90 valence electrons. The summed E-state index contributed by atoms with van der Waals surface area (Å²) in [7, 11) is 0. The Labute approximate surface area is 99.4 Å². The molecule has 7 heteroatoms. The van der Waals surface area contributed by atoms with Gasteiger partial charge in [0.1, 0.15) is 6.54 Å². The van der Waals surface area contributed by atoms with Gasteiger partial charge in [-0.25, -0.2) is 0 Å². The number of aliphatic carboxylic acids is 1. The summed E-state index contributed by atoms with van der Waals surface area (Å²) in [5, 5.41) is 8.64. The van der Waals surface area contributed by atoms with Crippen molar-refractivity contribution in [1.82, 2.24) is 0 Å². The van der Waals surface area contributed by atoms with Gasteiger partial charge < -0.3 is 5.11 Å². The van der Waals surface area contributed by atoms with Crippen LogP contribution in [0.3, 0.4) is 0 Å². The van der Waals surface area contributed by atoms with Crippen LogP contribution in [0.5, 0.6) is 0 Å². The SMILES string of the molecule is O=C(O)CN1C(=O)C(F)(F)c2cc(Cl)ccc21. The van der Waals surface area contributed by atoms with Gasteiger partial charge >= 0.3 is 17.8 Å². The number of fused-ring (bicyclic) bond motifs is 1. The average molecular weight is 262 g/mol. The fourth-order valence-corrected chi connectivity index (χ4v) is 1.85. The number of carboxylic acids is 1. The van der Waals surface area contributed by atoms with Crippen molar-refractivity contribution in [1.29, 1.82) is 0 Å². The molecule has 1 aromatic rings.